The molecule has 4 nitrogen and oxygen atoms in total. The number of carbonyl (C=O) groups is 1. The van der Waals surface area contributed by atoms with E-state index in [1.807, 2.05) is 0 Å². The molecule has 6 heteroatoms. The average molecular weight is 314 g/mol. The SMILES string of the molecule is CC(CBr)CCCNC(=O)C(C)S(C)(=O)=O. The van der Waals surface area contributed by atoms with Crippen LogP contribution in [-0.2, 0) is 14.6 Å². The van der Waals surface area contributed by atoms with Crippen molar-refractivity contribution in [3.63, 3.8) is 0 Å². The summed E-state index contributed by atoms with van der Waals surface area (Å²) in [5, 5.41) is 2.62. The summed E-state index contributed by atoms with van der Waals surface area (Å²) in [5.41, 5.74) is 0. The monoisotopic (exact) mass is 313 g/mol. The average Bonchev–Trinajstić information content (AvgIpc) is 2.21. The van der Waals surface area contributed by atoms with Crippen LogP contribution in [0.4, 0.5) is 0 Å². The van der Waals surface area contributed by atoms with Gasteiger partial charge in [0.25, 0.3) is 0 Å². The Bertz CT molecular complexity index is 316. The van der Waals surface area contributed by atoms with Crippen molar-refractivity contribution in [3.8, 4) is 0 Å². The van der Waals surface area contributed by atoms with Gasteiger partial charge in [-0.2, -0.15) is 0 Å². The molecule has 0 aliphatic carbocycles. The van der Waals surface area contributed by atoms with Gasteiger partial charge in [0.05, 0.1) is 0 Å². The molecule has 96 valence electrons. The Morgan fingerprint density at radius 3 is 2.38 bits per heavy atom. The summed E-state index contributed by atoms with van der Waals surface area (Å²) < 4.78 is 22.2. The minimum Gasteiger partial charge on any atom is -0.355 e. The second-order valence-corrected chi connectivity index (χ2v) is 7.18. The van der Waals surface area contributed by atoms with Crippen LogP contribution in [0.3, 0.4) is 0 Å². The first-order chi connectivity index (χ1) is 7.29. The molecule has 0 heterocycles. The van der Waals surface area contributed by atoms with Crippen LogP contribution >= 0.6 is 15.9 Å². The van der Waals surface area contributed by atoms with Gasteiger partial charge in [-0.05, 0) is 25.7 Å². The van der Waals surface area contributed by atoms with Crippen molar-refractivity contribution in [2.75, 3.05) is 18.1 Å². The molecule has 1 N–H and O–H groups in total. The van der Waals surface area contributed by atoms with Crippen LogP contribution in [0.5, 0.6) is 0 Å². The van der Waals surface area contributed by atoms with Gasteiger partial charge in [0.1, 0.15) is 5.25 Å². The maximum absolute atomic E-state index is 11.4. The van der Waals surface area contributed by atoms with E-state index in [0.29, 0.717) is 12.5 Å². The molecule has 0 aromatic carbocycles. The minimum atomic E-state index is -3.28. The summed E-state index contributed by atoms with van der Waals surface area (Å²) in [4.78, 5) is 11.4. The topological polar surface area (TPSA) is 63.2 Å². The quantitative estimate of drug-likeness (QED) is 0.570. The lowest BCUT2D eigenvalue weighted by Crippen LogP contribution is -2.37. The number of amides is 1. The fourth-order valence-corrected chi connectivity index (χ4v) is 1.87. The van der Waals surface area contributed by atoms with E-state index in [1.165, 1.54) is 6.92 Å². The van der Waals surface area contributed by atoms with Crippen LogP contribution in [0.15, 0.2) is 0 Å². The molecule has 0 bridgehead atoms. The number of rotatable bonds is 7. The van der Waals surface area contributed by atoms with Gasteiger partial charge in [-0.25, -0.2) is 8.42 Å². The highest BCUT2D eigenvalue weighted by molar-refractivity contribution is 9.09. The van der Waals surface area contributed by atoms with Gasteiger partial charge >= 0.3 is 0 Å². The maximum atomic E-state index is 11.4. The predicted molar refractivity (Wildman–Crippen MR) is 69.5 cm³/mol. The van der Waals surface area contributed by atoms with E-state index in [1.54, 1.807) is 0 Å². The van der Waals surface area contributed by atoms with Crippen LogP contribution in [0.25, 0.3) is 0 Å². The molecule has 2 unspecified atom stereocenters. The standard InChI is InChI=1S/C10H20BrNO3S/c1-8(7-11)5-4-6-12-10(13)9(2)16(3,14)15/h8-9H,4-7H2,1-3H3,(H,12,13). The first kappa shape index (κ1) is 15.9. The number of hydrogen-bond acceptors (Lipinski definition) is 3. The largest absolute Gasteiger partial charge is 0.355 e. The molecule has 0 rings (SSSR count). The van der Waals surface area contributed by atoms with Crippen LogP contribution in [0.2, 0.25) is 0 Å². The van der Waals surface area contributed by atoms with Crippen molar-refractivity contribution in [1.29, 1.82) is 0 Å². The summed E-state index contributed by atoms with van der Waals surface area (Å²) in [7, 11) is -3.28. The molecule has 0 saturated heterocycles. The van der Waals surface area contributed by atoms with E-state index in [2.05, 4.69) is 28.2 Å². The van der Waals surface area contributed by atoms with Crippen LogP contribution in [0.1, 0.15) is 26.7 Å². The highest BCUT2D eigenvalue weighted by Crippen LogP contribution is 2.07. The van der Waals surface area contributed by atoms with Crippen molar-refractivity contribution in [2.24, 2.45) is 5.92 Å². The lowest BCUT2D eigenvalue weighted by molar-refractivity contribution is -0.120. The van der Waals surface area contributed by atoms with E-state index in [-0.39, 0.29) is 0 Å². The van der Waals surface area contributed by atoms with E-state index < -0.39 is 21.0 Å². The van der Waals surface area contributed by atoms with Gasteiger partial charge in [0.2, 0.25) is 5.91 Å². The van der Waals surface area contributed by atoms with E-state index in [9.17, 15) is 13.2 Å². The molecule has 0 saturated carbocycles. The Labute approximate surface area is 106 Å². The molecule has 0 aliphatic rings. The van der Waals surface area contributed by atoms with Crippen LogP contribution in [-0.4, -0.2) is 37.7 Å². The summed E-state index contributed by atoms with van der Waals surface area (Å²) in [6, 6.07) is 0. The van der Waals surface area contributed by atoms with Gasteiger partial charge < -0.3 is 5.32 Å². The lowest BCUT2D eigenvalue weighted by Gasteiger charge is -2.11. The summed E-state index contributed by atoms with van der Waals surface area (Å²) in [5.74, 6) is 0.165. The third kappa shape index (κ3) is 6.48. The highest BCUT2D eigenvalue weighted by Gasteiger charge is 2.22. The van der Waals surface area contributed by atoms with Gasteiger partial charge in [-0.15, -0.1) is 0 Å². The van der Waals surface area contributed by atoms with E-state index in [4.69, 9.17) is 0 Å². The molecule has 1 amide bonds. The molecule has 0 aromatic rings. The molecule has 16 heavy (non-hydrogen) atoms. The predicted octanol–water partition coefficient (Wildman–Crippen LogP) is 1.35. The molecular formula is C10H20BrNO3S. The van der Waals surface area contributed by atoms with Crippen LogP contribution in [0, 0.1) is 5.92 Å². The molecule has 2 atom stereocenters. The molecular weight excluding hydrogens is 294 g/mol. The summed E-state index contributed by atoms with van der Waals surface area (Å²) >= 11 is 3.38. The summed E-state index contributed by atoms with van der Waals surface area (Å²) in [6.45, 7) is 4.07. The molecule has 0 spiro atoms. The maximum Gasteiger partial charge on any atom is 0.238 e. The molecule has 0 aromatic heterocycles. The second-order valence-electron chi connectivity index (χ2n) is 4.16. The van der Waals surface area contributed by atoms with Crippen molar-refractivity contribution in [1.82, 2.24) is 5.32 Å². The normalized spacial score (nSPS) is 15.5. The Balaban J connectivity index is 3.83. The second kappa shape index (κ2) is 7.27. The van der Waals surface area contributed by atoms with Gasteiger partial charge in [0, 0.05) is 18.1 Å². The number of halogens is 1. The Kier molecular flexibility index (Phi) is 7.22. The van der Waals surface area contributed by atoms with Crippen molar-refractivity contribution in [2.45, 2.75) is 31.9 Å². The number of hydrogen-bond donors (Lipinski definition) is 1. The van der Waals surface area contributed by atoms with Gasteiger partial charge in [-0.3, -0.25) is 4.79 Å². The Hall–Kier alpha value is -0.100. The highest BCUT2D eigenvalue weighted by atomic mass is 79.9. The lowest BCUT2D eigenvalue weighted by atomic mass is 10.1. The van der Waals surface area contributed by atoms with Crippen molar-refractivity contribution >= 4 is 31.7 Å². The fraction of sp³-hybridized carbons (Fsp3) is 0.900. The van der Waals surface area contributed by atoms with Gasteiger partial charge in [0.15, 0.2) is 9.84 Å². The Morgan fingerprint density at radius 1 is 1.38 bits per heavy atom. The minimum absolute atomic E-state index is 0.408. The molecule has 0 aliphatic heterocycles. The third-order valence-electron chi connectivity index (χ3n) is 2.45. The molecule has 0 radical (unpaired) electrons. The Morgan fingerprint density at radius 2 is 1.94 bits per heavy atom. The first-order valence-corrected chi connectivity index (χ1v) is 8.39. The number of alkyl halides is 1. The van der Waals surface area contributed by atoms with Crippen molar-refractivity contribution < 1.29 is 13.2 Å². The number of nitrogens with one attached hydrogen (secondary N) is 1. The van der Waals surface area contributed by atoms with Crippen molar-refractivity contribution in [3.05, 3.63) is 0 Å². The smallest absolute Gasteiger partial charge is 0.238 e. The van der Waals surface area contributed by atoms with Crippen LogP contribution < -0.4 is 5.32 Å². The first-order valence-electron chi connectivity index (χ1n) is 5.31. The van der Waals surface area contributed by atoms with E-state index >= 15 is 0 Å². The zero-order chi connectivity index (χ0) is 12.8. The van der Waals surface area contributed by atoms with E-state index in [0.717, 1.165) is 24.4 Å². The summed E-state index contributed by atoms with van der Waals surface area (Å²) in [6.07, 6.45) is 2.96. The number of sulfone groups is 1. The zero-order valence-electron chi connectivity index (χ0n) is 9.99. The third-order valence-corrected chi connectivity index (χ3v) is 5.05. The van der Waals surface area contributed by atoms with Gasteiger partial charge in [-0.1, -0.05) is 22.9 Å². The number of carbonyl (C=O) groups excluding carboxylic acids is 1. The fourth-order valence-electron chi connectivity index (χ4n) is 1.08. The molecule has 0 fully saturated rings. The zero-order valence-corrected chi connectivity index (χ0v) is 12.4.